The van der Waals surface area contributed by atoms with Gasteiger partial charge in [-0.1, -0.05) is 37.6 Å². The van der Waals surface area contributed by atoms with E-state index in [0.717, 1.165) is 5.56 Å². The molecule has 112 valence electrons. The second-order valence-corrected chi connectivity index (χ2v) is 5.66. The van der Waals surface area contributed by atoms with Gasteiger partial charge in [0.2, 0.25) is 5.76 Å². The number of aromatic carboxylic acids is 1. The molecule has 1 aromatic heterocycles. The highest BCUT2D eigenvalue weighted by Gasteiger charge is 2.16. The first-order valence-electron chi connectivity index (χ1n) is 6.78. The molecule has 0 fully saturated rings. The number of halogens is 1. The lowest BCUT2D eigenvalue weighted by Gasteiger charge is -2.22. The third kappa shape index (κ3) is 4.09. The molecule has 0 spiro atoms. The lowest BCUT2D eigenvalue weighted by atomic mass is 9.96. The standard InChI is InChI=1S/C16H18ClNO3/c1-10(2)15(11-3-5-12(17)6-4-11)18-9-13-7-8-14(21-13)16(19)20/h3-8,10,15,18H,9H2,1-2H3,(H,19,20). The minimum absolute atomic E-state index is 0.0422. The number of benzene rings is 1. The number of hydrogen-bond acceptors (Lipinski definition) is 3. The Hall–Kier alpha value is -1.78. The Morgan fingerprint density at radius 1 is 1.24 bits per heavy atom. The van der Waals surface area contributed by atoms with Gasteiger partial charge in [0.25, 0.3) is 0 Å². The van der Waals surface area contributed by atoms with Crippen molar-refractivity contribution in [2.75, 3.05) is 0 Å². The average molecular weight is 308 g/mol. The molecule has 0 amide bonds. The quantitative estimate of drug-likeness (QED) is 0.842. The molecule has 4 nitrogen and oxygen atoms in total. The van der Waals surface area contributed by atoms with Gasteiger partial charge < -0.3 is 14.8 Å². The third-order valence-electron chi connectivity index (χ3n) is 3.26. The van der Waals surface area contributed by atoms with Crippen molar-refractivity contribution < 1.29 is 14.3 Å². The molecule has 21 heavy (non-hydrogen) atoms. The fourth-order valence-electron chi connectivity index (χ4n) is 2.21. The van der Waals surface area contributed by atoms with Crippen LogP contribution in [0.2, 0.25) is 5.02 Å². The highest BCUT2D eigenvalue weighted by atomic mass is 35.5. The fourth-order valence-corrected chi connectivity index (χ4v) is 2.33. The van der Waals surface area contributed by atoms with Crippen LogP contribution >= 0.6 is 11.6 Å². The predicted octanol–water partition coefficient (Wildman–Crippen LogP) is 4.12. The smallest absolute Gasteiger partial charge is 0.371 e. The summed E-state index contributed by atoms with van der Waals surface area (Å²) in [5.41, 5.74) is 1.14. The number of nitrogens with one attached hydrogen (secondary N) is 1. The van der Waals surface area contributed by atoms with E-state index in [-0.39, 0.29) is 11.8 Å². The molecule has 1 atom stereocenters. The van der Waals surface area contributed by atoms with Crippen LogP contribution < -0.4 is 5.32 Å². The van der Waals surface area contributed by atoms with Crippen molar-refractivity contribution in [1.82, 2.24) is 5.32 Å². The monoisotopic (exact) mass is 307 g/mol. The summed E-state index contributed by atoms with van der Waals surface area (Å²) in [6.07, 6.45) is 0. The van der Waals surface area contributed by atoms with Gasteiger partial charge in [0, 0.05) is 11.1 Å². The molecule has 1 unspecified atom stereocenters. The van der Waals surface area contributed by atoms with Gasteiger partial charge in [0.15, 0.2) is 0 Å². The van der Waals surface area contributed by atoms with Crippen LogP contribution in [0.3, 0.4) is 0 Å². The van der Waals surface area contributed by atoms with E-state index in [0.29, 0.717) is 23.2 Å². The summed E-state index contributed by atoms with van der Waals surface area (Å²) in [6, 6.07) is 11.0. The van der Waals surface area contributed by atoms with Crippen molar-refractivity contribution in [3.05, 3.63) is 58.5 Å². The predicted molar refractivity (Wildman–Crippen MR) is 81.5 cm³/mol. The van der Waals surface area contributed by atoms with Crippen LogP contribution in [0, 0.1) is 5.92 Å². The number of hydrogen-bond donors (Lipinski definition) is 2. The maximum Gasteiger partial charge on any atom is 0.371 e. The van der Waals surface area contributed by atoms with Crippen LogP contribution in [-0.4, -0.2) is 11.1 Å². The van der Waals surface area contributed by atoms with E-state index in [1.54, 1.807) is 6.07 Å². The summed E-state index contributed by atoms with van der Waals surface area (Å²) in [7, 11) is 0. The van der Waals surface area contributed by atoms with Crippen LogP contribution in [0.1, 0.15) is 41.8 Å². The summed E-state index contributed by atoms with van der Waals surface area (Å²) in [5.74, 6) is -0.120. The maximum atomic E-state index is 10.8. The molecular weight excluding hydrogens is 290 g/mol. The number of rotatable bonds is 6. The van der Waals surface area contributed by atoms with Crippen molar-refractivity contribution in [2.24, 2.45) is 5.92 Å². The molecule has 5 heteroatoms. The molecule has 0 saturated heterocycles. The Bertz CT molecular complexity index is 604. The zero-order valence-corrected chi connectivity index (χ0v) is 12.7. The number of carboxylic acids is 1. The minimum atomic E-state index is -1.06. The van der Waals surface area contributed by atoms with Gasteiger partial charge in [-0.25, -0.2) is 4.79 Å². The Morgan fingerprint density at radius 2 is 1.90 bits per heavy atom. The first kappa shape index (κ1) is 15.6. The van der Waals surface area contributed by atoms with Crippen molar-refractivity contribution in [3.8, 4) is 0 Å². The van der Waals surface area contributed by atoms with Crippen LogP contribution in [0.4, 0.5) is 0 Å². The van der Waals surface area contributed by atoms with Crippen LogP contribution in [0.5, 0.6) is 0 Å². The molecule has 1 heterocycles. The maximum absolute atomic E-state index is 10.8. The fraction of sp³-hybridized carbons (Fsp3) is 0.312. The van der Waals surface area contributed by atoms with Gasteiger partial charge in [-0.05, 0) is 35.7 Å². The summed E-state index contributed by atoms with van der Waals surface area (Å²) < 4.78 is 5.25. The van der Waals surface area contributed by atoms with Gasteiger partial charge in [-0.2, -0.15) is 0 Å². The highest BCUT2D eigenvalue weighted by molar-refractivity contribution is 6.30. The lowest BCUT2D eigenvalue weighted by molar-refractivity contribution is 0.0660. The van der Waals surface area contributed by atoms with Gasteiger partial charge in [0.05, 0.1) is 6.54 Å². The molecule has 2 rings (SSSR count). The van der Waals surface area contributed by atoms with Crippen molar-refractivity contribution in [1.29, 1.82) is 0 Å². The van der Waals surface area contributed by atoms with Gasteiger partial charge >= 0.3 is 5.97 Å². The van der Waals surface area contributed by atoms with Crippen LogP contribution in [0.15, 0.2) is 40.8 Å². The van der Waals surface area contributed by atoms with E-state index in [1.165, 1.54) is 6.07 Å². The lowest BCUT2D eigenvalue weighted by Crippen LogP contribution is -2.25. The molecule has 0 aliphatic carbocycles. The van der Waals surface area contributed by atoms with Crippen molar-refractivity contribution >= 4 is 17.6 Å². The average Bonchev–Trinajstić information content (AvgIpc) is 2.90. The molecule has 1 aromatic carbocycles. The third-order valence-corrected chi connectivity index (χ3v) is 3.52. The number of carbonyl (C=O) groups is 1. The molecule has 0 radical (unpaired) electrons. The second kappa shape index (κ2) is 6.78. The zero-order chi connectivity index (χ0) is 15.4. The molecule has 2 N–H and O–H groups in total. The van der Waals surface area contributed by atoms with E-state index >= 15 is 0 Å². The van der Waals surface area contributed by atoms with Gasteiger partial charge in [0.1, 0.15) is 5.76 Å². The molecule has 0 bridgehead atoms. The summed E-state index contributed by atoms with van der Waals surface area (Å²) in [5, 5.41) is 12.9. The van der Waals surface area contributed by atoms with Crippen molar-refractivity contribution in [2.45, 2.75) is 26.4 Å². The molecule has 0 aliphatic rings. The van der Waals surface area contributed by atoms with Gasteiger partial charge in [-0.3, -0.25) is 0 Å². The molecular formula is C16H18ClNO3. The van der Waals surface area contributed by atoms with E-state index in [1.807, 2.05) is 24.3 Å². The van der Waals surface area contributed by atoms with Crippen molar-refractivity contribution in [3.63, 3.8) is 0 Å². The summed E-state index contributed by atoms with van der Waals surface area (Å²) >= 11 is 5.91. The Morgan fingerprint density at radius 3 is 2.43 bits per heavy atom. The second-order valence-electron chi connectivity index (χ2n) is 5.23. The summed E-state index contributed by atoms with van der Waals surface area (Å²) in [4.78, 5) is 10.8. The summed E-state index contributed by atoms with van der Waals surface area (Å²) in [6.45, 7) is 4.72. The van der Waals surface area contributed by atoms with E-state index in [9.17, 15) is 4.79 Å². The van der Waals surface area contributed by atoms with E-state index in [2.05, 4.69) is 19.2 Å². The largest absolute Gasteiger partial charge is 0.475 e. The SMILES string of the molecule is CC(C)C(NCc1ccc(C(=O)O)o1)c1ccc(Cl)cc1. The Kier molecular flexibility index (Phi) is 5.04. The van der Waals surface area contributed by atoms with Crippen LogP contribution in [0.25, 0.3) is 0 Å². The van der Waals surface area contributed by atoms with E-state index < -0.39 is 5.97 Å². The number of furan rings is 1. The minimum Gasteiger partial charge on any atom is -0.475 e. The topological polar surface area (TPSA) is 62.5 Å². The molecule has 0 saturated carbocycles. The Labute approximate surface area is 128 Å². The first-order valence-corrected chi connectivity index (χ1v) is 7.16. The first-order chi connectivity index (χ1) is 9.97. The molecule has 2 aromatic rings. The van der Waals surface area contributed by atoms with Crippen LogP contribution in [-0.2, 0) is 6.54 Å². The normalized spacial score (nSPS) is 12.6. The highest BCUT2D eigenvalue weighted by Crippen LogP contribution is 2.24. The van der Waals surface area contributed by atoms with E-state index in [4.69, 9.17) is 21.1 Å². The number of carboxylic acid groups (broad SMARTS) is 1. The Balaban J connectivity index is 2.06. The zero-order valence-electron chi connectivity index (χ0n) is 12.0. The van der Waals surface area contributed by atoms with Gasteiger partial charge in [-0.15, -0.1) is 0 Å². The molecule has 0 aliphatic heterocycles.